The highest BCUT2D eigenvalue weighted by Gasteiger charge is 2.39. The van der Waals surface area contributed by atoms with Crippen LogP contribution in [0.5, 0.6) is 0 Å². The van der Waals surface area contributed by atoms with E-state index in [9.17, 15) is 8.42 Å². The number of sulfonamides is 1. The number of aryl methyl sites for hydroxylation is 1. The molecule has 1 aliphatic rings. The van der Waals surface area contributed by atoms with E-state index < -0.39 is 10.0 Å². The lowest BCUT2D eigenvalue weighted by Gasteiger charge is -2.41. The van der Waals surface area contributed by atoms with Gasteiger partial charge >= 0.3 is 0 Å². The van der Waals surface area contributed by atoms with Crippen LogP contribution in [0.15, 0.2) is 23.1 Å². The second-order valence-electron chi connectivity index (χ2n) is 5.55. The zero-order valence-corrected chi connectivity index (χ0v) is 14.0. The number of hydrogen-bond acceptors (Lipinski definition) is 5. The Morgan fingerprint density at radius 3 is 2.38 bits per heavy atom. The lowest BCUT2D eigenvalue weighted by Crippen LogP contribution is -2.59. The Balaban J connectivity index is 2.20. The third-order valence-corrected chi connectivity index (χ3v) is 5.76. The summed E-state index contributed by atoms with van der Waals surface area (Å²) in [4.78, 5) is 7.36. The van der Waals surface area contributed by atoms with Crippen molar-refractivity contribution in [2.45, 2.75) is 17.9 Å². The van der Waals surface area contributed by atoms with Gasteiger partial charge < -0.3 is 9.74 Å². The van der Waals surface area contributed by atoms with Crippen LogP contribution in [0.25, 0.3) is 0 Å². The molecule has 1 aliphatic heterocycles. The molecule has 0 aromatic heterocycles. The normalized spacial score (nSPS) is 17.0. The van der Waals surface area contributed by atoms with Crippen molar-refractivity contribution in [1.82, 2.24) is 9.37 Å². The predicted molar refractivity (Wildman–Crippen MR) is 82.8 cm³/mol. The van der Waals surface area contributed by atoms with E-state index in [1.54, 1.807) is 24.3 Å². The smallest absolute Gasteiger partial charge is 0.243 e. The van der Waals surface area contributed by atoms with Crippen molar-refractivity contribution in [3.8, 4) is 0 Å². The largest absolute Gasteiger partial charge is 0.377 e. The molecule has 7 heteroatoms. The monoisotopic (exact) mass is 313 g/mol. The fourth-order valence-corrected chi connectivity index (χ4v) is 3.91. The molecule has 21 heavy (non-hydrogen) atoms. The minimum Gasteiger partial charge on any atom is -0.377 e. The Hall–Kier alpha value is -1.15. The van der Waals surface area contributed by atoms with Crippen LogP contribution in [0.3, 0.4) is 0 Å². The third-order valence-electron chi connectivity index (χ3n) is 3.93. The molecule has 0 amide bonds. The van der Waals surface area contributed by atoms with Crippen molar-refractivity contribution in [2.24, 2.45) is 0 Å². The molecule has 1 heterocycles. The van der Waals surface area contributed by atoms with E-state index in [0.717, 1.165) is 11.3 Å². The molecule has 1 aromatic carbocycles. The van der Waals surface area contributed by atoms with E-state index >= 15 is 0 Å². The Morgan fingerprint density at radius 1 is 1.24 bits per heavy atom. The SMILES string of the molecule is CON(C)C1CN(S(=O)(=O)c2ccc(C)c(N(C)C)c2)C1. The summed E-state index contributed by atoms with van der Waals surface area (Å²) >= 11 is 0. The number of benzene rings is 1. The van der Waals surface area contributed by atoms with Crippen LogP contribution in [-0.4, -0.2) is 65.2 Å². The van der Waals surface area contributed by atoms with Crippen molar-refractivity contribution >= 4 is 15.7 Å². The van der Waals surface area contributed by atoms with Gasteiger partial charge in [-0.25, -0.2) is 8.42 Å². The van der Waals surface area contributed by atoms with Crippen molar-refractivity contribution in [1.29, 1.82) is 0 Å². The highest BCUT2D eigenvalue weighted by atomic mass is 32.2. The summed E-state index contributed by atoms with van der Waals surface area (Å²) in [6.07, 6.45) is 0. The highest BCUT2D eigenvalue weighted by molar-refractivity contribution is 7.89. The second-order valence-corrected chi connectivity index (χ2v) is 7.49. The van der Waals surface area contributed by atoms with Gasteiger partial charge in [-0.2, -0.15) is 9.37 Å². The van der Waals surface area contributed by atoms with Gasteiger partial charge in [0, 0.05) is 39.9 Å². The van der Waals surface area contributed by atoms with Crippen LogP contribution < -0.4 is 4.90 Å². The van der Waals surface area contributed by atoms with Gasteiger partial charge in [0.1, 0.15) is 0 Å². The first-order valence-corrected chi connectivity index (χ1v) is 8.26. The Kier molecular flexibility index (Phi) is 4.57. The maximum absolute atomic E-state index is 12.6. The van der Waals surface area contributed by atoms with E-state index in [2.05, 4.69) is 0 Å². The summed E-state index contributed by atoms with van der Waals surface area (Å²) in [7, 11) is 3.79. The summed E-state index contributed by atoms with van der Waals surface area (Å²) in [6.45, 7) is 2.88. The molecule has 0 bridgehead atoms. The average Bonchev–Trinajstić information content (AvgIpc) is 2.36. The van der Waals surface area contributed by atoms with Crippen LogP contribution in [0.4, 0.5) is 5.69 Å². The van der Waals surface area contributed by atoms with Crippen LogP contribution >= 0.6 is 0 Å². The molecule has 0 spiro atoms. The van der Waals surface area contributed by atoms with E-state index in [1.165, 1.54) is 4.31 Å². The van der Waals surface area contributed by atoms with Gasteiger partial charge in [0.15, 0.2) is 0 Å². The molecule has 0 atom stereocenters. The summed E-state index contributed by atoms with van der Waals surface area (Å²) in [5.41, 5.74) is 1.97. The average molecular weight is 313 g/mol. The van der Waals surface area contributed by atoms with Gasteiger partial charge in [-0.05, 0) is 24.6 Å². The topological polar surface area (TPSA) is 53.1 Å². The fourth-order valence-electron chi connectivity index (χ4n) is 2.37. The molecule has 0 saturated carbocycles. The van der Waals surface area contributed by atoms with Gasteiger partial charge in [0.05, 0.1) is 18.0 Å². The first kappa shape index (κ1) is 16.2. The van der Waals surface area contributed by atoms with Crippen LogP contribution in [0.1, 0.15) is 5.56 Å². The molecule has 1 saturated heterocycles. The molecule has 1 fully saturated rings. The molecule has 0 radical (unpaired) electrons. The summed E-state index contributed by atoms with van der Waals surface area (Å²) in [5.74, 6) is 0. The summed E-state index contributed by atoms with van der Waals surface area (Å²) in [6, 6.07) is 5.37. The standard InChI is InChI=1S/C14H23N3O3S/c1-11-6-7-13(8-14(11)15(2)3)21(18,19)17-9-12(10-17)16(4)20-5/h6-8,12H,9-10H2,1-5H3. The highest BCUT2D eigenvalue weighted by Crippen LogP contribution is 2.28. The van der Waals surface area contributed by atoms with E-state index in [1.807, 2.05) is 39.0 Å². The van der Waals surface area contributed by atoms with E-state index in [-0.39, 0.29) is 6.04 Å². The van der Waals surface area contributed by atoms with Gasteiger partial charge in [0.2, 0.25) is 10.0 Å². The van der Waals surface area contributed by atoms with Crippen molar-refractivity contribution < 1.29 is 13.3 Å². The molecule has 0 N–H and O–H groups in total. The minimum atomic E-state index is -3.43. The van der Waals surface area contributed by atoms with Crippen LogP contribution in [0, 0.1) is 6.92 Å². The van der Waals surface area contributed by atoms with Gasteiger partial charge in [-0.15, -0.1) is 0 Å². The maximum atomic E-state index is 12.6. The number of anilines is 1. The number of hydrogen-bond donors (Lipinski definition) is 0. The van der Waals surface area contributed by atoms with Gasteiger partial charge in [0.25, 0.3) is 0 Å². The Labute approximate surface area is 126 Å². The molecule has 1 aromatic rings. The lowest BCUT2D eigenvalue weighted by atomic mass is 10.2. The van der Waals surface area contributed by atoms with Crippen molar-refractivity contribution in [3.05, 3.63) is 23.8 Å². The molecule has 0 aliphatic carbocycles. The van der Waals surface area contributed by atoms with Crippen molar-refractivity contribution in [2.75, 3.05) is 46.2 Å². The molecule has 0 unspecified atom stereocenters. The molecule has 2 rings (SSSR count). The number of likely N-dealkylation sites (N-methyl/N-ethyl adjacent to an activating group) is 1. The lowest BCUT2D eigenvalue weighted by molar-refractivity contribution is -0.163. The molecule has 6 nitrogen and oxygen atoms in total. The number of rotatable bonds is 5. The number of nitrogens with zero attached hydrogens (tertiary/aromatic N) is 3. The first-order chi connectivity index (χ1) is 9.77. The number of hydroxylamine groups is 2. The van der Waals surface area contributed by atoms with E-state index in [0.29, 0.717) is 18.0 Å². The van der Waals surface area contributed by atoms with Gasteiger partial charge in [-0.1, -0.05) is 6.07 Å². The van der Waals surface area contributed by atoms with E-state index in [4.69, 9.17) is 4.84 Å². The first-order valence-electron chi connectivity index (χ1n) is 6.82. The summed E-state index contributed by atoms with van der Waals surface area (Å²) in [5, 5.41) is 1.69. The second kappa shape index (κ2) is 5.92. The molecular weight excluding hydrogens is 290 g/mol. The van der Waals surface area contributed by atoms with Crippen molar-refractivity contribution in [3.63, 3.8) is 0 Å². The molecule has 118 valence electrons. The fraction of sp³-hybridized carbons (Fsp3) is 0.571. The Bertz CT molecular complexity index is 610. The van der Waals surface area contributed by atoms with Crippen LogP contribution in [-0.2, 0) is 14.9 Å². The van der Waals surface area contributed by atoms with Crippen LogP contribution in [0.2, 0.25) is 0 Å². The maximum Gasteiger partial charge on any atom is 0.243 e. The molecular formula is C14H23N3O3S. The Morgan fingerprint density at radius 2 is 1.86 bits per heavy atom. The predicted octanol–water partition coefficient (Wildman–Crippen LogP) is 0.927. The quantitative estimate of drug-likeness (QED) is 0.757. The van der Waals surface area contributed by atoms with Gasteiger partial charge in [-0.3, -0.25) is 0 Å². The zero-order valence-electron chi connectivity index (χ0n) is 13.2. The zero-order chi connectivity index (χ0) is 15.8. The third kappa shape index (κ3) is 3.06. The minimum absolute atomic E-state index is 0.114. The summed E-state index contributed by atoms with van der Waals surface area (Å²) < 4.78 is 26.7.